The SMILES string of the molecule is CN1CCC(NC(=O)NCc2ccccc2)CC1c1nc2ccccc2[nH]1. The highest BCUT2D eigenvalue weighted by Crippen LogP contribution is 2.29. The van der Waals surface area contributed by atoms with Gasteiger partial charge < -0.3 is 15.6 Å². The molecule has 0 radical (unpaired) electrons. The van der Waals surface area contributed by atoms with Gasteiger partial charge in [0.25, 0.3) is 0 Å². The third-order valence-electron chi connectivity index (χ3n) is 5.22. The van der Waals surface area contributed by atoms with Crippen LogP contribution in [0.25, 0.3) is 11.0 Å². The highest BCUT2D eigenvalue weighted by Gasteiger charge is 2.30. The van der Waals surface area contributed by atoms with E-state index in [0.717, 1.165) is 41.8 Å². The number of carbonyl (C=O) groups is 1. The molecule has 3 N–H and O–H groups in total. The monoisotopic (exact) mass is 363 g/mol. The molecule has 6 nitrogen and oxygen atoms in total. The van der Waals surface area contributed by atoms with Gasteiger partial charge in [-0.2, -0.15) is 0 Å². The van der Waals surface area contributed by atoms with Crippen molar-refractivity contribution in [1.29, 1.82) is 0 Å². The average Bonchev–Trinajstić information content (AvgIpc) is 3.13. The van der Waals surface area contributed by atoms with Crippen molar-refractivity contribution in [2.75, 3.05) is 13.6 Å². The Morgan fingerprint density at radius 3 is 2.78 bits per heavy atom. The van der Waals surface area contributed by atoms with Crippen molar-refractivity contribution in [2.45, 2.75) is 31.5 Å². The number of H-pyrrole nitrogens is 1. The molecule has 0 bridgehead atoms. The minimum Gasteiger partial charge on any atom is -0.341 e. The Morgan fingerprint density at radius 1 is 1.19 bits per heavy atom. The lowest BCUT2D eigenvalue weighted by molar-refractivity contribution is 0.151. The fourth-order valence-corrected chi connectivity index (χ4v) is 3.68. The predicted molar refractivity (Wildman–Crippen MR) is 106 cm³/mol. The Balaban J connectivity index is 1.37. The first kappa shape index (κ1) is 17.5. The van der Waals surface area contributed by atoms with Crippen molar-refractivity contribution < 1.29 is 4.79 Å². The number of carbonyl (C=O) groups excluding carboxylic acids is 1. The van der Waals surface area contributed by atoms with Crippen LogP contribution in [0.15, 0.2) is 54.6 Å². The number of aromatic amines is 1. The summed E-state index contributed by atoms with van der Waals surface area (Å²) in [5.41, 5.74) is 3.13. The summed E-state index contributed by atoms with van der Waals surface area (Å²) in [7, 11) is 2.11. The molecule has 1 saturated heterocycles. The first-order valence-corrected chi connectivity index (χ1v) is 9.42. The van der Waals surface area contributed by atoms with Crippen molar-refractivity contribution in [2.24, 2.45) is 0 Å². The summed E-state index contributed by atoms with van der Waals surface area (Å²) in [6.45, 7) is 1.46. The van der Waals surface area contributed by atoms with Gasteiger partial charge >= 0.3 is 6.03 Å². The molecule has 1 aliphatic rings. The van der Waals surface area contributed by atoms with Gasteiger partial charge in [-0.05, 0) is 37.6 Å². The standard InChI is InChI=1S/C21H25N5O/c1-26-12-11-16(23-21(27)22-14-15-7-3-2-4-8-15)13-19(26)20-24-17-9-5-6-10-18(17)25-20/h2-10,16,19H,11-14H2,1H3,(H,24,25)(H2,22,23,27). The molecule has 0 spiro atoms. The van der Waals surface area contributed by atoms with Crippen LogP contribution in [0.4, 0.5) is 4.79 Å². The fourth-order valence-electron chi connectivity index (χ4n) is 3.68. The van der Waals surface area contributed by atoms with Gasteiger partial charge in [0.2, 0.25) is 0 Å². The maximum absolute atomic E-state index is 12.3. The lowest BCUT2D eigenvalue weighted by Crippen LogP contribution is -2.48. The summed E-state index contributed by atoms with van der Waals surface area (Å²) in [6, 6.07) is 18.2. The van der Waals surface area contributed by atoms with Crippen LogP contribution >= 0.6 is 0 Å². The second-order valence-corrected chi connectivity index (χ2v) is 7.17. The number of likely N-dealkylation sites (tertiary alicyclic amines) is 1. The quantitative estimate of drug-likeness (QED) is 0.666. The van der Waals surface area contributed by atoms with E-state index in [1.807, 2.05) is 54.6 Å². The van der Waals surface area contributed by atoms with Gasteiger partial charge in [0.15, 0.2) is 0 Å². The third-order valence-corrected chi connectivity index (χ3v) is 5.22. The van der Waals surface area contributed by atoms with Crippen molar-refractivity contribution >= 4 is 17.1 Å². The molecule has 1 aliphatic heterocycles. The number of hydrogen-bond acceptors (Lipinski definition) is 3. The van der Waals surface area contributed by atoms with E-state index >= 15 is 0 Å². The Kier molecular flexibility index (Phi) is 5.07. The van der Waals surface area contributed by atoms with E-state index in [2.05, 4.69) is 27.6 Å². The van der Waals surface area contributed by atoms with Crippen LogP contribution in [0, 0.1) is 0 Å². The molecular weight excluding hydrogens is 338 g/mol. The van der Waals surface area contributed by atoms with Gasteiger partial charge in [-0.25, -0.2) is 9.78 Å². The largest absolute Gasteiger partial charge is 0.341 e. The molecule has 27 heavy (non-hydrogen) atoms. The Labute approximate surface area is 159 Å². The zero-order chi connectivity index (χ0) is 18.6. The summed E-state index contributed by atoms with van der Waals surface area (Å²) in [4.78, 5) is 22.8. The Hall–Kier alpha value is -2.86. The van der Waals surface area contributed by atoms with Gasteiger partial charge in [0.1, 0.15) is 5.82 Å². The van der Waals surface area contributed by atoms with E-state index in [1.165, 1.54) is 0 Å². The van der Waals surface area contributed by atoms with Gasteiger partial charge in [0.05, 0.1) is 17.1 Å². The van der Waals surface area contributed by atoms with Crippen molar-refractivity contribution in [3.8, 4) is 0 Å². The molecule has 140 valence electrons. The molecule has 2 atom stereocenters. The number of nitrogens with one attached hydrogen (secondary N) is 3. The Bertz CT molecular complexity index is 874. The maximum atomic E-state index is 12.3. The summed E-state index contributed by atoms with van der Waals surface area (Å²) in [6.07, 6.45) is 1.78. The van der Waals surface area contributed by atoms with Gasteiger partial charge in [-0.15, -0.1) is 0 Å². The lowest BCUT2D eigenvalue weighted by Gasteiger charge is -2.36. The summed E-state index contributed by atoms with van der Waals surface area (Å²) in [5.74, 6) is 0.967. The van der Waals surface area contributed by atoms with Gasteiger partial charge in [-0.1, -0.05) is 42.5 Å². The molecular formula is C21H25N5O. The number of amides is 2. The van der Waals surface area contributed by atoms with Crippen LogP contribution in [0.3, 0.4) is 0 Å². The van der Waals surface area contributed by atoms with E-state index in [9.17, 15) is 4.79 Å². The molecule has 2 heterocycles. The van der Waals surface area contributed by atoms with Crippen LogP contribution < -0.4 is 10.6 Å². The van der Waals surface area contributed by atoms with Gasteiger partial charge in [-0.3, -0.25) is 4.90 Å². The zero-order valence-corrected chi connectivity index (χ0v) is 15.5. The number of hydrogen-bond donors (Lipinski definition) is 3. The maximum Gasteiger partial charge on any atom is 0.315 e. The van der Waals surface area contributed by atoms with Crippen LogP contribution in [0.2, 0.25) is 0 Å². The number of fused-ring (bicyclic) bond motifs is 1. The Morgan fingerprint density at radius 2 is 1.96 bits per heavy atom. The highest BCUT2D eigenvalue weighted by molar-refractivity contribution is 5.75. The van der Waals surface area contributed by atoms with Crippen LogP contribution in [0.5, 0.6) is 0 Å². The van der Waals surface area contributed by atoms with E-state index in [4.69, 9.17) is 4.98 Å². The molecule has 1 fully saturated rings. The molecule has 0 saturated carbocycles. The molecule has 2 unspecified atom stereocenters. The number of para-hydroxylation sites is 2. The topological polar surface area (TPSA) is 73.1 Å². The molecule has 3 aromatic rings. The fraction of sp³-hybridized carbons (Fsp3) is 0.333. The lowest BCUT2D eigenvalue weighted by atomic mass is 9.97. The molecule has 2 amide bonds. The van der Waals surface area contributed by atoms with Crippen molar-refractivity contribution in [1.82, 2.24) is 25.5 Å². The number of aromatic nitrogens is 2. The number of piperidine rings is 1. The smallest absolute Gasteiger partial charge is 0.315 e. The average molecular weight is 363 g/mol. The minimum atomic E-state index is -0.114. The van der Waals surface area contributed by atoms with Crippen molar-refractivity contribution in [3.63, 3.8) is 0 Å². The van der Waals surface area contributed by atoms with Crippen LogP contribution in [-0.4, -0.2) is 40.5 Å². The number of benzene rings is 2. The van der Waals surface area contributed by atoms with Crippen molar-refractivity contribution in [3.05, 3.63) is 66.0 Å². The first-order valence-electron chi connectivity index (χ1n) is 9.42. The number of urea groups is 1. The number of imidazole rings is 1. The van der Waals surface area contributed by atoms with Crippen LogP contribution in [0.1, 0.15) is 30.3 Å². The normalized spacial score (nSPS) is 20.5. The highest BCUT2D eigenvalue weighted by atomic mass is 16.2. The van der Waals surface area contributed by atoms with Crippen LogP contribution in [-0.2, 0) is 6.54 Å². The minimum absolute atomic E-state index is 0.114. The number of rotatable bonds is 4. The second-order valence-electron chi connectivity index (χ2n) is 7.17. The summed E-state index contributed by atoms with van der Waals surface area (Å²) >= 11 is 0. The zero-order valence-electron chi connectivity index (χ0n) is 15.5. The molecule has 0 aliphatic carbocycles. The van der Waals surface area contributed by atoms with E-state index in [-0.39, 0.29) is 18.1 Å². The summed E-state index contributed by atoms with van der Waals surface area (Å²) in [5, 5.41) is 6.07. The molecule has 4 rings (SSSR count). The molecule has 1 aromatic heterocycles. The van der Waals surface area contributed by atoms with E-state index in [0.29, 0.717) is 6.54 Å². The summed E-state index contributed by atoms with van der Waals surface area (Å²) < 4.78 is 0. The molecule has 2 aromatic carbocycles. The third kappa shape index (κ3) is 4.11. The van der Waals surface area contributed by atoms with E-state index < -0.39 is 0 Å². The first-order chi connectivity index (χ1) is 13.2. The second kappa shape index (κ2) is 7.80. The number of nitrogens with zero attached hydrogens (tertiary/aromatic N) is 2. The van der Waals surface area contributed by atoms with Gasteiger partial charge in [0, 0.05) is 19.1 Å². The molecule has 6 heteroatoms. The predicted octanol–water partition coefficient (Wildman–Crippen LogP) is 3.20. The van der Waals surface area contributed by atoms with E-state index in [1.54, 1.807) is 0 Å².